The third-order valence-electron chi connectivity index (χ3n) is 4.06. The highest BCUT2D eigenvalue weighted by atomic mass is 16.2. The maximum atomic E-state index is 12.2. The summed E-state index contributed by atoms with van der Waals surface area (Å²) < 4.78 is 0. The van der Waals surface area contributed by atoms with Crippen LogP contribution in [0.2, 0.25) is 0 Å². The highest BCUT2D eigenvalue weighted by molar-refractivity contribution is 5.88. The number of amides is 2. The number of nitrogens with one attached hydrogen (secondary N) is 1. The molecule has 1 aliphatic rings. The van der Waals surface area contributed by atoms with Crippen molar-refractivity contribution >= 4 is 11.8 Å². The number of hydrogen-bond acceptors (Lipinski definition) is 5. The maximum Gasteiger partial charge on any atom is 0.323 e. The van der Waals surface area contributed by atoms with Gasteiger partial charge in [0.05, 0.1) is 11.9 Å². The van der Waals surface area contributed by atoms with Gasteiger partial charge in [0.15, 0.2) is 5.82 Å². The molecule has 2 aromatic rings. The fourth-order valence-electron chi connectivity index (χ4n) is 2.67. The van der Waals surface area contributed by atoms with E-state index in [1.165, 1.54) is 6.20 Å². The van der Waals surface area contributed by atoms with Gasteiger partial charge in [-0.25, -0.2) is 9.78 Å². The molecule has 0 saturated carbocycles. The van der Waals surface area contributed by atoms with Crippen LogP contribution >= 0.6 is 0 Å². The van der Waals surface area contributed by atoms with Crippen LogP contribution in [-0.4, -0.2) is 57.0 Å². The summed E-state index contributed by atoms with van der Waals surface area (Å²) in [5.74, 6) is 0.474. The third-order valence-corrected chi connectivity index (χ3v) is 4.06. The van der Waals surface area contributed by atoms with Crippen LogP contribution in [0.3, 0.4) is 0 Å². The maximum absolute atomic E-state index is 12.2. The first-order valence-corrected chi connectivity index (χ1v) is 7.71. The van der Waals surface area contributed by atoms with E-state index < -0.39 is 0 Å². The van der Waals surface area contributed by atoms with Crippen molar-refractivity contribution in [3.05, 3.63) is 48.7 Å². The number of hydrogen-bond donors (Lipinski definition) is 1. The van der Waals surface area contributed by atoms with Crippen molar-refractivity contribution < 1.29 is 4.79 Å². The molecule has 23 heavy (non-hydrogen) atoms. The fourth-order valence-corrected chi connectivity index (χ4v) is 2.67. The van der Waals surface area contributed by atoms with Gasteiger partial charge in [0.25, 0.3) is 0 Å². The lowest BCUT2D eigenvalue weighted by atomic mass is 10.1. The number of anilines is 1. The number of urea groups is 1. The van der Waals surface area contributed by atoms with Crippen LogP contribution in [0.5, 0.6) is 0 Å². The standard InChI is InChI=1S/C16H20N6O/c1-13(14-4-2-3-5-18-14)21-8-10-22(11-9-21)16(23)20-15-12-17-6-7-19-15/h2-7,12-13H,8-11H2,1H3,(H,19,20,23). The summed E-state index contributed by atoms with van der Waals surface area (Å²) in [5, 5.41) is 2.77. The zero-order valence-electron chi connectivity index (χ0n) is 13.1. The van der Waals surface area contributed by atoms with Gasteiger partial charge in [-0.2, -0.15) is 0 Å². The Morgan fingerprint density at radius 1 is 1.13 bits per heavy atom. The monoisotopic (exact) mass is 312 g/mol. The molecule has 0 aliphatic carbocycles. The van der Waals surface area contributed by atoms with Crippen LogP contribution < -0.4 is 5.32 Å². The molecule has 120 valence electrons. The largest absolute Gasteiger partial charge is 0.323 e. The van der Waals surface area contributed by atoms with E-state index in [4.69, 9.17) is 0 Å². The van der Waals surface area contributed by atoms with Gasteiger partial charge >= 0.3 is 6.03 Å². The summed E-state index contributed by atoms with van der Waals surface area (Å²) >= 11 is 0. The summed E-state index contributed by atoms with van der Waals surface area (Å²) in [4.78, 5) is 28.8. The van der Waals surface area contributed by atoms with Crippen LogP contribution in [0.25, 0.3) is 0 Å². The molecule has 1 aliphatic heterocycles. The Kier molecular flexibility index (Phi) is 4.77. The summed E-state index contributed by atoms with van der Waals surface area (Å²) in [5.41, 5.74) is 1.06. The molecule has 1 unspecified atom stereocenters. The van der Waals surface area contributed by atoms with Gasteiger partial charge < -0.3 is 4.90 Å². The SMILES string of the molecule is CC(c1ccccn1)N1CCN(C(=O)Nc2cnccn2)CC1. The first kappa shape index (κ1) is 15.4. The number of carbonyl (C=O) groups excluding carboxylic acids is 1. The second-order valence-electron chi connectivity index (χ2n) is 5.47. The van der Waals surface area contributed by atoms with Gasteiger partial charge in [-0.05, 0) is 19.1 Å². The molecule has 2 aromatic heterocycles. The lowest BCUT2D eigenvalue weighted by Crippen LogP contribution is -2.50. The third kappa shape index (κ3) is 3.81. The molecule has 0 spiro atoms. The Morgan fingerprint density at radius 2 is 1.96 bits per heavy atom. The van der Waals surface area contributed by atoms with Crippen molar-refractivity contribution in [2.75, 3.05) is 31.5 Å². The smallest absolute Gasteiger partial charge is 0.322 e. The number of carbonyl (C=O) groups is 1. The minimum atomic E-state index is -0.129. The Balaban J connectivity index is 1.53. The zero-order valence-corrected chi connectivity index (χ0v) is 13.1. The molecule has 1 N–H and O–H groups in total. The normalized spacial score (nSPS) is 16.8. The van der Waals surface area contributed by atoms with Crippen LogP contribution in [-0.2, 0) is 0 Å². The molecule has 0 bridgehead atoms. The molecule has 0 aromatic carbocycles. The van der Waals surface area contributed by atoms with Gasteiger partial charge in [0, 0.05) is 50.8 Å². The van der Waals surface area contributed by atoms with E-state index in [0.717, 1.165) is 18.8 Å². The Hall–Kier alpha value is -2.54. The summed E-state index contributed by atoms with van der Waals surface area (Å²) in [6, 6.07) is 6.09. The van der Waals surface area contributed by atoms with Crippen molar-refractivity contribution in [3.63, 3.8) is 0 Å². The molecule has 0 radical (unpaired) electrons. The summed E-state index contributed by atoms with van der Waals surface area (Å²) in [6.45, 7) is 5.17. The molecular weight excluding hydrogens is 292 g/mol. The molecular formula is C16H20N6O. The topological polar surface area (TPSA) is 74.2 Å². The van der Waals surface area contributed by atoms with Gasteiger partial charge in [0.2, 0.25) is 0 Å². The van der Waals surface area contributed by atoms with Crippen molar-refractivity contribution in [1.29, 1.82) is 0 Å². The molecule has 3 rings (SSSR count). The number of nitrogens with zero attached hydrogens (tertiary/aromatic N) is 5. The van der Waals surface area contributed by atoms with Gasteiger partial charge in [0.1, 0.15) is 0 Å². The second kappa shape index (κ2) is 7.15. The molecule has 1 atom stereocenters. The van der Waals surface area contributed by atoms with E-state index in [0.29, 0.717) is 18.9 Å². The fraction of sp³-hybridized carbons (Fsp3) is 0.375. The Bertz CT molecular complexity index is 628. The molecule has 2 amide bonds. The van der Waals surface area contributed by atoms with Crippen LogP contribution in [0.4, 0.5) is 10.6 Å². The summed E-state index contributed by atoms with van der Waals surface area (Å²) in [6.07, 6.45) is 6.49. The van der Waals surface area contributed by atoms with Gasteiger partial charge in [-0.3, -0.25) is 20.2 Å². The first-order valence-electron chi connectivity index (χ1n) is 7.71. The minimum absolute atomic E-state index is 0.129. The van der Waals surface area contributed by atoms with Crippen molar-refractivity contribution in [2.24, 2.45) is 0 Å². The average molecular weight is 312 g/mol. The zero-order chi connectivity index (χ0) is 16.1. The van der Waals surface area contributed by atoms with Crippen LogP contribution in [0.15, 0.2) is 43.0 Å². The number of rotatable bonds is 3. The predicted octanol–water partition coefficient (Wildman–Crippen LogP) is 1.78. The van der Waals surface area contributed by atoms with Gasteiger partial charge in [-0.15, -0.1) is 0 Å². The van der Waals surface area contributed by atoms with E-state index in [9.17, 15) is 4.79 Å². The summed E-state index contributed by atoms with van der Waals surface area (Å²) in [7, 11) is 0. The van der Waals surface area contributed by atoms with Crippen LogP contribution in [0.1, 0.15) is 18.7 Å². The van der Waals surface area contributed by atoms with Crippen LogP contribution in [0, 0.1) is 0 Å². The van der Waals surface area contributed by atoms with Crippen molar-refractivity contribution in [3.8, 4) is 0 Å². The molecule has 7 heteroatoms. The van der Waals surface area contributed by atoms with E-state index in [2.05, 4.69) is 32.1 Å². The highest BCUT2D eigenvalue weighted by Gasteiger charge is 2.25. The first-order chi connectivity index (χ1) is 11.2. The van der Waals surface area contributed by atoms with E-state index >= 15 is 0 Å². The Morgan fingerprint density at radius 3 is 2.61 bits per heavy atom. The van der Waals surface area contributed by atoms with Crippen molar-refractivity contribution in [1.82, 2.24) is 24.8 Å². The lowest BCUT2D eigenvalue weighted by Gasteiger charge is -2.37. The Labute approximate surface area is 135 Å². The lowest BCUT2D eigenvalue weighted by molar-refractivity contribution is 0.118. The number of pyridine rings is 1. The highest BCUT2D eigenvalue weighted by Crippen LogP contribution is 2.19. The van der Waals surface area contributed by atoms with E-state index in [1.54, 1.807) is 17.3 Å². The second-order valence-corrected chi connectivity index (χ2v) is 5.47. The van der Waals surface area contributed by atoms with Gasteiger partial charge in [-0.1, -0.05) is 6.07 Å². The molecule has 1 saturated heterocycles. The average Bonchev–Trinajstić information content (AvgIpc) is 2.63. The molecule has 3 heterocycles. The van der Waals surface area contributed by atoms with Crippen molar-refractivity contribution in [2.45, 2.75) is 13.0 Å². The number of aromatic nitrogens is 3. The van der Waals surface area contributed by atoms with E-state index in [1.807, 2.05) is 24.4 Å². The molecule has 1 fully saturated rings. The predicted molar refractivity (Wildman–Crippen MR) is 86.8 cm³/mol. The minimum Gasteiger partial charge on any atom is -0.322 e. The quantitative estimate of drug-likeness (QED) is 0.935. The van der Waals surface area contributed by atoms with E-state index in [-0.39, 0.29) is 12.1 Å². The molecule has 7 nitrogen and oxygen atoms in total. The number of piperazine rings is 1.